The SMILES string of the molecule is COc1cc(C(=O)N2CCc3c(-c4ccc(C(C)C)cc4)nn4c3[C@H]2CN(C(=O)OC(C)(C)C)CC4)ccc1Br. The van der Waals surface area contributed by atoms with Crippen molar-refractivity contribution in [2.24, 2.45) is 0 Å². The Hall–Kier alpha value is -3.33. The highest BCUT2D eigenvalue weighted by atomic mass is 79.9. The molecule has 1 aromatic heterocycles. The Kier molecular flexibility index (Phi) is 7.70. The first kappa shape index (κ1) is 28.2. The van der Waals surface area contributed by atoms with E-state index in [1.165, 1.54) is 5.56 Å². The first-order valence-electron chi connectivity index (χ1n) is 13.8. The number of methoxy groups -OCH3 is 1. The lowest BCUT2D eigenvalue weighted by Crippen LogP contribution is -2.46. The van der Waals surface area contributed by atoms with E-state index >= 15 is 0 Å². The van der Waals surface area contributed by atoms with Gasteiger partial charge < -0.3 is 19.3 Å². The Bertz CT molecular complexity index is 1420. The molecule has 2 aliphatic heterocycles. The second kappa shape index (κ2) is 10.9. The highest BCUT2D eigenvalue weighted by Gasteiger charge is 2.41. The van der Waals surface area contributed by atoms with Crippen LogP contribution in [0.15, 0.2) is 46.9 Å². The van der Waals surface area contributed by atoms with Gasteiger partial charge in [0.2, 0.25) is 0 Å². The largest absolute Gasteiger partial charge is 0.496 e. The van der Waals surface area contributed by atoms with Gasteiger partial charge in [-0.3, -0.25) is 9.48 Å². The Balaban J connectivity index is 1.55. The van der Waals surface area contributed by atoms with Crippen LogP contribution in [0.1, 0.15) is 73.8 Å². The number of carbonyl (C=O) groups is 2. The van der Waals surface area contributed by atoms with Crippen molar-refractivity contribution in [2.45, 2.75) is 65.1 Å². The van der Waals surface area contributed by atoms with Crippen LogP contribution in [0.5, 0.6) is 5.75 Å². The monoisotopic (exact) mass is 608 g/mol. The summed E-state index contributed by atoms with van der Waals surface area (Å²) >= 11 is 3.48. The minimum Gasteiger partial charge on any atom is -0.496 e. The van der Waals surface area contributed by atoms with Gasteiger partial charge in [0.05, 0.1) is 42.1 Å². The molecular formula is C31H37BrN4O4. The molecule has 0 bridgehead atoms. The normalized spacial score (nSPS) is 16.9. The third kappa shape index (κ3) is 5.48. The second-order valence-electron chi connectivity index (χ2n) is 11.8. The van der Waals surface area contributed by atoms with Crippen LogP contribution in [0.2, 0.25) is 0 Å². The van der Waals surface area contributed by atoms with Crippen molar-refractivity contribution in [1.82, 2.24) is 19.6 Å². The molecule has 0 N–H and O–H groups in total. The molecule has 8 nitrogen and oxygen atoms in total. The number of amides is 2. The zero-order chi connectivity index (χ0) is 28.8. The number of nitrogens with zero attached hydrogens (tertiary/aromatic N) is 4. The maximum absolute atomic E-state index is 14.0. The van der Waals surface area contributed by atoms with Crippen LogP contribution in [-0.4, -0.2) is 63.9 Å². The third-order valence-electron chi connectivity index (χ3n) is 7.52. The minimum absolute atomic E-state index is 0.108. The molecule has 0 fully saturated rings. The maximum atomic E-state index is 14.0. The minimum atomic E-state index is -0.618. The zero-order valence-corrected chi connectivity index (χ0v) is 25.6. The van der Waals surface area contributed by atoms with Gasteiger partial charge in [-0.05, 0) is 72.8 Å². The molecule has 0 spiro atoms. The van der Waals surface area contributed by atoms with Gasteiger partial charge in [0, 0.05) is 29.8 Å². The lowest BCUT2D eigenvalue weighted by Gasteiger charge is -2.37. The molecule has 3 aromatic rings. The van der Waals surface area contributed by atoms with E-state index in [1.807, 2.05) is 36.4 Å². The molecular weight excluding hydrogens is 572 g/mol. The Labute approximate surface area is 244 Å². The van der Waals surface area contributed by atoms with Gasteiger partial charge in [-0.25, -0.2) is 4.79 Å². The zero-order valence-electron chi connectivity index (χ0n) is 24.0. The van der Waals surface area contributed by atoms with E-state index in [1.54, 1.807) is 24.1 Å². The second-order valence-corrected chi connectivity index (χ2v) is 12.6. The molecule has 2 amide bonds. The van der Waals surface area contributed by atoms with Gasteiger partial charge in [0.1, 0.15) is 11.4 Å². The molecule has 40 heavy (non-hydrogen) atoms. The summed E-state index contributed by atoms with van der Waals surface area (Å²) in [7, 11) is 1.58. The lowest BCUT2D eigenvalue weighted by molar-refractivity contribution is 0.0184. The molecule has 3 heterocycles. The summed E-state index contributed by atoms with van der Waals surface area (Å²) < 4.78 is 14.0. The average molecular weight is 610 g/mol. The van der Waals surface area contributed by atoms with Crippen molar-refractivity contribution < 1.29 is 19.1 Å². The van der Waals surface area contributed by atoms with Crippen molar-refractivity contribution in [3.8, 4) is 17.0 Å². The molecule has 2 aliphatic rings. The van der Waals surface area contributed by atoms with E-state index in [2.05, 4.69) is 54.0 Å². The van der Waals surface area contributed by atoms with Crippen molar-refractivity contribution in [2.75, 3.05) is 26.7 Å². The molecule has 9 heteroatoms. The average Bonchev–Trinajstić information content (AvgIpc) is 3.17. The predicted octanol–water partition coefficient (Wildman–Crippen LogP) is 6.43. The summed E-state index contributed by atoms with van der Waals surface area (Å²) in [6.45, 7) is 11.8. The van der Waals surface area contributed by atoms with Crippen molar-refractivity contribution in [1.29, 1.82) is 0 Å². The molecule has 5 rings (SSSR count). The van der Waals surface area contributed by atoms with Crippen molar-refractivity contribution >= 4 is 27.9 Å². The summed E-state index contributed by atoms with van der Waals surface area (Å²) in [5, 5.41) is 5.06. The van der Waals surface area contributed by atoms with E-state index in [-0.39, 0.29) is 18.0 Å². The van der Waals surface area contributed by atoms with Crippen LogP contribution in [0.25, 0.3) is 11.3 Å². The van der Waals surface area contributed by atoms with Gasteiger partial charge in [0.25, 0.3) is 5.91 Å². The smallest absolute Gasteiger partial charge is 0.410 e. The summed E-state index contributed by atoms with van der Waals surface area (Å²) in [6.07, 6.45) is 0.298. The summed E-state index contributed by atoms with van der Waals surface area (Å²) in [5.41, 5.74) is 5.37. The molecule has 0 saturated heterocycles. The van der Waals surface area contributed by atoms with Gasteiger partial charge in [-0.15, -0.1) is 0 Å². The standard InChI is InChI=1S/C31H37BrN4O4/c1-19(2)20-7-9-21(10-8-20)27-23-13-14-35(29(37)22-11-12-24(32)26(17-22)39-6)25-18-34(30(38)40-31(3,4)5)15-16-36(33-27)28(23)25/h7-12,17,19,25H,13-16,18H2,1-6H3/t25-/m1/s1. The van der Waals surface area contributed by atoms with Crippen molar-refractivity contribution in [3.05, 3.63) is 69.3 Å². The summed E-state index contributed by atoms with van der Waals surface area (Å²) in [4.78, 5) is 30.8. The van der Waals surface area contributed by atoms with Gasteiger partial charge in [0.15, 0.2) is 0 Å². The van der Waals surface area contributed by atoms with E-state index in [4.69, 9.17) is 14.6 Å². The van der Waals surface area contributed by atoms with Crippen LogP contribution in [-0.2, 0) is 17.7 Å². The topological polar surface area (TPSA) is 76.9 Å². The van der Waals surface area contributed by atoms with Gasteiger partial charge in [-0.2, -0.15) is 5.10 Å². The molecule has 2 aromatic carbocycles. The van der Waals surface area contributed by atoms with E-state index in [9.17, 15) is 9.59 Å². The Morgan fingerprint density at radius 1 is 1.05 bits per heavy atom. The quantitative estimate of drug-likeness (QED) is 0.341. The fourth-order valence-electron chi connectivity index (χ4n) is 5.49. The fraction of sp³-hybridized carbons (Fsp3) is 0.452. The fourth-order valence-corrected chi connectivity index (χ4v) is 5.90. The molecule has 0 radical (unpaired) electrons. The Morgan fingerprint density at radius 3 is 2.42 bits per heavy atom. The molecule has 1 atom stereocenters. The molecule has 0 unspecified atom stereocenters. The number of aromatic nitrogens is 2. The Morgan fingerprint density at radius 2 is 1.77 bits per heavy atom. The number of hydrogen-bond acceptors (Lipinski definition) is 5. The number of benzene rings is 2. The highest BCUT2D eigenvalue weighted by Crippen LogP contribution is 2.39. The van der Waals surface area contributed by atoms with Crippen molar-refractivity contribution in [3.63, 3.8) is 0 Å². The molecule has 0 saturated carbocycles. The highest BCUT2D eigenvalue weighted by molar-refractivity contribution is 9.10. The van der Waals surface area contributed by atoms with Crippen LogP contribution in [0, 0.1) is 0 Å². The van der Waals surface area contributed by atoms with E-state index < -0.39 is 5.60 Å². The predicted molar refractivity (Wildman–Crippen MR) is 158 cm³/mol. The number of ether oxygens (including phenoxy) is 2. The maximum Gasteiger partial charge on any atom is 0.410 e. The summed E-state index contributed by atoms with van der Waals surface area (Å²) in [6, 6.07) is 13.6. The number of hydrogen-bond donors (Lipinski definition) is 0. The van der Waals surface area contributed by atoms with Crippen LogP contribution in [0.4, 0.5) is 4.79 Å². The first-order chi connectivity index (χ1) is 19.0. The van der Waals surface area contributed by atoms with Gasteiger partial charge >= 0.3 is 6.09 Å². The lowest BCUT2D eigenvalue weighted by atomic mass is 9.93. The molecule has 212 valence electrons. The third-order valence-corrected chi connectivity index (χ3v) is 8.18. The number of halogens is 1. The van der Waals surface area contributed by atoms with Crippen LogP contribution < -0.4 is 4.74 Å². The van der Waals surface area contributed by atoms with Crippen LogP contribution >= 0.6 is 15.9 Å². The van der Waals surface area contributed by atoms with E-state index in [0.29, 0.717) is 49.8 Å². The number of carbonyl (C=O) groups excluding carboxylic acids is 2. The van der Waals surface area contributed by atoms with Gasteiger partial charge in [-0.1, -0.05) is 38.1 Å². The number of rotatable bonds is 4. The summed E-state index contributed by atoms with van der Waals surface area (Å²) in [5.74, 6) is 0.936. The van der Waals surface area contributed by atoms with Crippen LogP contribution in [0.3, 0.4) is 0 Å². The van der Waals surface area contributed by atoms with E-state index in [0.717, 1.165) is 27.0 Å². The first-order valence-corrected chi connectivity index (χ1v) is 14.6. The molecule has 0 aliphatic carbocycles.